The van der Waals surface area contributed by atoms with Crippen molar-refractivity contribution in [1.82, 2.24) is 0 Å². The molecule has 99 heavy (non-hydrogen) atoms. The first-order chi connectivity index (χ1) is 48.8. The number of phosphoric ester groups is 1. The van der Waals surface area contributed by atoms with E-state index in [-0.39, 0.29) is 32.1 Å². The summed E-state index contributed by atoms with van der Waals surface area (Å²) < 4.78 is 33.4. The molecule has 0 fully saturated rings. The van der Waals surface area contributed by atoms with E-state index < -0.39 is 26.5 Å². The Morgan fingerprint density at radius 3 is 0.616 bits per heavy atom. The molecule has 0 spiro atoms. The Balaban J connectivity index is 3.66. The van der Waals surface area contributed by atoms with Gasteiger partial charge in [0.15, 0.2) is 6.10 Å². The highest BCUT2D eigenvalue weighted by molar-refractivity contribution is 7.47. The summed E-state index contributed by atoms with van der Waals surface area (Å²) in [6, 6.07) is 0. The van der Waals surface area contributed by atoms with Gasteiger partial charge in [-0.25, -0.2) is 4.57 Å². The van der Waals surface area contributed by atoms with Gasteiger partial charge in [0.2, 0.25) is 0 Å². The van der Waals surface area contributed by atoms with Crippen molar-refractivity contribution in [1.29, 1.82) is 0 Å². The lowest BCUT2D eigenvalue weighted by atomic mass is 10.0. The van der Waals surface area contributed by atoms with Gasteiger partial charge in [-0.15, -0.1) is 0 Å². The highest BCUT2D eigenvalue weighted by Crippen LogP contribution is 2.43. The Morgan fingerprint density at radius 1 is 0.263 bits per heavy atom. The average Bonchev–Trinajstić information content (AvgIpc) is 1.52. The van der Waals surface area contributed by atoms with Crippen molar-refractivity contribution in [2.24, 2.45) is 5.73 Å². The third kappa shape index (κ3) is 85.8. The zero-order chi connectivity index (χ0) is 71.5. The minimum absolute atomic E-state index is 0.0591. The predicted octanol–water partition coefficient (Wildman–Crippen LogP) is 30.8. The minimum atomic E-state index is -4.39. The average molecular weight is 1420 g/mol. The second kappa shape index (κ2) is 85.9. The molecule has 0 aliphatic heterocycles. The Morgan fingerprint density at radius 2 is 0.434 bits per heavy atom. The van der Waals surface area contributed by atoms with Crippen molar-refractivity contribution in [3.05, 3.63) is 0 Å². The van der Waals surface area contributed by atoms with Gasteiger partial charge in [0.25, 0.3) is 0 Å². The number of ether oxygens (including phenoxy) is 2. The van der Waals surface area contributed by atoms with Crippen LogP contribution in [-0.2, 0) is 32.7 Å². The van der Waals surface area contributed by atoms with E-state index in [1.807, 2.05) is 0 Å². The van der Waals surface area contributed by atoms with Gasteiger partial charge in [-0.05, 0) is 12.8 Å². The fourth-order valence-electron chi connectivity index (χ4n) is 14.8. The molecule has 0 amide bonds. The number of carbonyl (C=O) groups is 2. The molecule has 0 aromatic carbocycles. The molecule has 0 bridgehead atoms. The number of rotatable bonds is 89. The van der Waals surface area contributed by atoms with Crippen LogP contribution in [0.15, 0.2) is 0 Å². The zero-order valence-corrected chi connectivity index (χ0v) is 68.2. The van der Waals surface area contributed by atoms with Gasteiger partial charge >= 0.3 is 19.8 Å². The summed E-state index contributed by atoms with van der Waals surface area (Å²) in [6.45, 7) is 3.87. The Bertz CT molecular complexity index is 1580. The first kappa shape index (κ1) is 98.0. The van der Waals surface area contributed by atoms with Crippen LogP contribution in [-0.4, -0.2) is 49.3 Å². The number of nitrogens with two attached hydrogens (primary N) is 1. The quantitative estimate of drug-likeness (QED) is 0.0347. The maximum Gasteiger partial charge on any atom is 0.472 e. The summed E-state index contributed by atoms with van der Waals surface area (Å²) in [4.78, 5) is 35.5. The van der Waals surface area contributed by atoms with E-state index in [0.717, 1.165) is 32.1 Å². The van der Waals surface area contributed by atoms with Gasteiger partial charge in [0.1, 0.15) is 6.61 Å². The maximum absolute atomic E-state index is 12.8. The van der Waals surface area contributed by atoms with Crippen molar-refractivity contribution >= 4 is 19.8 Å². The van der Waals surface area contributed by atoms with E-state index in [4.69, 9.17) is 24.3 Å². The van der Waals surface area contributed by atoms with Crippen LogP contribution in [0, 0.1) is 0 Å². The summed E-state index contributed by atoms with van der Waals surface area (Å²) in [5.41, 5.74) is 5.43. The molecule has 0 aromatic heterocycles. The zero-order valence-electron chi connectivity index (χ0n) is 67.3. The maximum atomic E-state index is 12.8. The summed E-state index contributed by atoms with van der Waals surface area (Å²) in [5.74, 6) is -0.792. The fraction of sp³-hybridized carbons (Fsp3) is 0.978. The van der Waals surface area contributed by atoms with E-state index in [2.05, 4.69) is 13.8 Å². The number of phosphoric acid groups is 1. The van der Waals surface area contributed by atoms with Crippen LogP contribution >= 0.6 is 7.82 Å². The Kier molecular flexibility index (Phi) is 85.1. The molecule has 0 aliphatic carbocycles. The van der Waals surface area contributed by atoms with Gasteiger partial charge in [0.05, 0.1) is 13.2 Å². The Hall–Kier alpha value is -0.990. The normalized spacial score (nSPS) is 12.6. The highest BCUT2D eigenvalue weighted by atomic mass is 31.2. The van der Waals surface area contributed by atoms with Gasteiger partial charge in [-0.2, -0.15) is 0 Å². The Labute approximate surface area is 619 Å². The van der Waals surface area contributed by atoms with Gasteiger partial charge < -0.3 is 20.1 Å². The standard InChI is InChI=1S/C89H178NO8P/c1-3-5-7-9-11-13-15-17-19-21-23-25-27-29-31-33-35-37-39-41-43-45-47-49-51-53-55-57-59-61-63-65-67-69-71-73-75-77-79-81-88(91)95-85-87(86-97-99(93,94)96-84-83-90)98-89(92)82-80-78-76-74-72-70-68-66-64-62-60-58-56-54-52-50-48-46-44-42-40-38-36-34-32-30-28-26-24-22-20-18-16-14-12-10-8-6-4-2/h87H,3-86,90H2,1-2H3,(H,93,94). The summed E-state index contributed by atoms with van der Waals surface area (Å²) in [7, 11) is -4.39. The molecule has 2 unspecified atom stereocenters. The molecule has 0 rings (SSSR count). The SMILES string of the molecule is CCCCCCCCCCCCCCCCCCCCCCCCCCCCCCCCCCCCCCCCCC(=O)OCC(COP(=O)(O)OCCN)OC(=O)CCCCCCCCCCCCCCCCCCCCCCCCCCCCCCCCCCCCCCCCC. The molecule has 0 saturated carbocycles. The largest absolute Gasteiger partial charge is 0.472 e. The van der Waals surface area contributed by atoms with Crippen LogP contribution in [0.25, 0.3) is 0 Å². The highest BCUT2D eigenvalue weighted by Gasteiger charge is 2.26. The number of carbonyl (C=O) groups excluding carboxylic acids is 2. The van der Waals surface area contributed by atoms with E-state index in [0.29, 0.717) is 12.8 Å². The summed E-state index contributed by atoms with van der Waals surface area (Å²) >= 11 is 0. The van der Waals surface area contributed by atoms with Crippen LogP contribution in [0.2, 0.25) is 0 Å². The molecule has 2 atom stereocenters. The lowest BCUT2D eigenvalue weighted by molar-refractivity contribution is -0.161. The molecule has 3 N–H and O–H groups in total. The number of hydrogen-bond donors (Lipinski definition) is 2. The van der Waals surface area contributed by atoms with E-state index >= 15 is 0 Å². The van der Waals surface area contributed by atoms with Crippen LogP contribution in [0.4, 0.5) is 0 Å². The summed E-state index contributed by atoms with van der Waals surface area (Å²) in [6.07, 6.45) is 107. The second-order valence-corrected chi connectivity index (χ2v) is 33.0. The molecular formula is C89H178NO8P. The van der Waals surface area contributed by atoms with Crippen molar-refractivity contribution in [2.75, 3.05) is 26.4 Å². The number of hydrogen-bond acceptors (Lipinski definition) is 8. The number of unbranched alkanes of at least 4 members (excludes halogenated alkanes) is 76. The van der Waals surface area contributed by atoms with E-state index in [9.17, 15) is 19.0 Å². The third-order valence-electron chi connectivity index (χ3n) is 21.5. The first-order valence-corrected chi connectivity index (χ1v) is 47.0. The van der Waals surface area contributed by atoms with Crippen LogP contribution < -0.4 is 5.73 Å². The molecule has 10 heteroatoms. The van der Waals surface area contributed by atoms with Gasteiger partial charge in [-0.1, -0.05) is 502 Å². The van der Waals surface area contributed by atoms with E-state index in [1.54, 1.807) is 0 Å². The van der Waals surface area contributed by atoms with Crippen molar-refractivity contribution in [3.63, 3.8) is 0 Å². The van der Waals surface area contributed by atoms with Crippen molar-refractivity contribution in [2.45, 2.75) is 534 Å². The van der Waals surface area contributed by atoms with Crippen molar-refractivity contribution in [3.8, 4) is 0 Å². The molecule has 9 nitrogen and oxygen atoms in total. The van der Waals surface area contributed by atoms with Crippen molar-refractivity contribution < 1.29 is 37.6 Å². The molecule has 0 aromatic rings. The lowest BCUT2D eigenvalue weighted by Crippen LogP contribution is -2.29. The topological polar surface area (TPSA) is 134 Å². The monoisotopic (exact) mass is 1420 g/mol. The second-order valence-electron chi connectivity index (χ2n) is 31.6. The van der Waals surface area contributed by atoms with Crippen LogP contribution in [0.3, 0.4) is 0 Å². The van der Waals surface area contributed by atoms with Crippen LogP contribution in [0.1, 0.15) is 528 Å². The smallest absolute Gasteiger partial charge is 0.462 e. The molecule has 0 saturated heterocycles. The predicted molar refractivity (Wildman–Crippen MR) is 432 cm³/mol. The molecule has 592 valence electrons. The molecule has 0 radical (unpaired) electrons. The lowest BCUT2D eigenvalue weighted by Gasteiger charge is -2.19. The third-order valence-corrected chi connectivity index (χ3v) is 22.5. The minimum Gasteiger partial charge on any atom is -0.462 e. The van der Waals surface area contributed by atoms with E-state index in [1.165, 1.54) is 462 Å². The fourth-order valence-corrected chi connectivity index (χ4v) is 15.5. The first-order valence-electron chi connectivity index (χ1n) is 45.5. The molecule has 0 aliphatic rings. The molecule has 0 heterocycles. The summed E-state index contributed by atoms with van der Waals surface area (Å²) in [5, 5.41) is 0. The number of esters is 2. The van der Waals surface area contributed by atoms with Crippen LogP contribution in [0.5, 0.6) is 0 Å². The van der Waals surface area contributed by atoms with Gasteiger partial charge in [0, 0.05) is 19.4 Å². The molecular weight excluding hydrogens is 1240 g/mol. The van der Waals surface area contributed by atoms with Gasteiger partial charge in [-0.3, -0.25) is 18.6 Å².